The Labute approximate surface area is 170 Å². The molecule has 1 aliphatic heterocycles. The van der Waals surface area contributed by atoms with Gasteiger partial charge in [0.15, 0.2) is 6.61 Å². The van der Waals surface area contributed by atoms with Gasteiger partial charge < -0.3 is 15.0 Å². The minimum absolute atomic E-state index is 0.0200. The fraction of sp³-hybridized carbons (Fsp3) is 0.364. The summed E-state index contributed by atoms with van der Waals surface area (Å²) in [6.45, 7) is 3.75. The van der Waals surface area contributed by atoms with Gasteiger partial charge in [-0.05, 0) is 61.4 Å². The van der Waals surface area contributed by atoms with Gasteiger partial charge in [-0.25, -0.2) is 0 Å². The first-order valence-electron chi connectivity index (χ1n) is 9.71. The van der Waals surface area contributed by atoms with Gasteiger partial charge in [-0.15, -0.1) is 11.8 Å². The molecule has 0 bridgehead atoms. The van der Waals surface area contributed by atoms with Crippen molar-refractivity contribution in [3.63, 3.8) is 0 Å². The Bertz CT molecular complexity index is 802. The molecule has 0 saturated carbocycles. The second-order valence-electron chi connectivity index (χ2n) is 6.64. The number of benzene rings is 2. The van der Waals surface area contributed by atoms with Crippen LogP contribution in [0.2, 0.25) is 0 Å². The molecule has 28 heavy (non-hydrogen) atoms. The Hall–Kier alpha value is -2.47. The Morgan fingerprint density at radius 3 is 2.46 bits per heavy atom. The van der Waals surface area contributed by atoms with Crippen molar-refractivity contribution in [3.8, 4) is 5.75 Å². The van der Waals surface area contributed by atoms with Crippen LogP contribution in [-0.4, -0.2) is 42.2 Å². The van der Waals surface area contributed by atoms with Gasteiger partial charge in [-0.3, -0.25) is 9.59 Å². The lowest BCUT2D eigenvalue weighted by Gasteiger charge is -2.26. The Balaban J connectivity index is 1.55. The molecule has 5 nitrogen and oxygen atoms in total. The van der Waals surface area contributed by atoms with Gasteiger partial charge in [0.2, 0.25) is 0 Å². The van der Waals surface area contributed by atoms with Gasteiger partial charge in [0.1, 0.15) is 5.75 Å². The molecule has 6 heteroatoms. The van der Waals surface area contributed by atoms with E-state index in [1.54, 1.807) is 36.0 Å². The third-order valence-corrected chi connectivity index (χ3v) is 5.58. The number of nitrogens with one attached hydrogen (secondary N) is 1. The Morgan fingerprint density at radius 2 is 1.75 bits per heavy atom. The molecule has 0 aliphatic carbocycles. The van der Waals surface area contributed by atoms with Crippen LogP contribution in [0, 0.1) is 0 Å². The topological polar surface area (TPSA) is 58.6 Å². The highest BCUT2D eigenvalue weighted by Crippen LogP contribution is 2.27. The van der Waals surface area contributed by atoms with Crippen molar-refractivity contribution in [2.45, 2.75) is 31.1 Å². The summed E-state index contributed by atoms with van der Waals surface area (Å²) in [6.07, 6.45) is 3.32. The fourth-order valence-corrected chi connectivity index (χ4v) is 3.89. The maximum Gasteiger partial charge on any atom is 0.260 e. The lowest BCUT2D eigenvalue weighted by molar-refractivity contribution is -0.134. The zero-order chi connectivity index (χ0) is 19.8. The number of hydrogen-bond acceptors (Lipinski definition) is 4. The van der Waals surface area contributed by atoms with Crippen LogP contribution >= 0.6 is 11.8 Å². The minimum Gasteiger partial charge on any atom is -0.484 e. The number of likely N-dealkylation sites (tertiary alicyclic amines) is 1. The number of nitrogens with zero attached hydrogens (tertiary/aromatic N) is 1. The van der Waals surface area contributed by atoms with E-state index < -0.39 is 0 Å². The largest absolute Gasteiger partial charge is 0.484 e. The Kier molecular flexibility index (Phi) is 7.37. The van der Waals surface area contributed by atoms with Crippen molar-refractivity contribution in [1.29, 1.82) is 0 Å². The SMILES string of the molecule is CCSc1ccccc1NC(=O)c1ccc(OCC(=O)N2CCCCC2)cc1. The standard InChI is InChI=1S/C22H26N2O3S/c1-2-28-20-9-5-4-8-19(20)23-22(26)17-10-12-18(13-11-17)27-16-21(25)24-14-6-3-7-15-24/h4-5,8-13H,2-3,6-7,14-16H2,1H3,(H,23,26). The molecule has 1 heterocycles. The van der Waals surface area contributed by atoms with E-state index >= 15 is 0 Å². The smallest absolute Gasteiger partial charge is 0.260 e. The summed E-state index contributed by atoms with van der Waals surface area (Å²) in [5, 5.41) is 2.96. The van der Waals surface area contributed by atoms with Crippen LogP contribution in [0.1, 0.15) is 36.5 Å². The van der Waals surface area contributed by atoms with Crippen molar-refractivity contribution in [2.24, 2.45) is 0 Å². The zero-order valence-corrected chi connectivity index (χ0v) is 17.0. The van der Waals surface area contributed by atoms with E-state index in [0.717, 1.165) is 42.3 Å². The molecule has 1 saturated heterocycles. The summed E-state index contributed by atoms with van der Waals surface area (Å²) in [4.78, 5) is 27.6. The molecule has 0 aromatic heterocycles. The number of para-hydroxylation sites is 1. The summed E-state index contributed by atoms with van der Waals surface area (Å²) in [6, 6.07) is 14.7. The number of hydrogen-bond donors (Lipinski definition) is 1. The number of carbonyl (C=O) groups excluding carboxylic acids is 2. The van der Waals surface area contributed by atoms with Crippen molar-refractivity contribution in [1.82, 2.24) is 4.90 Å². The highest BCUT2D eigenvalue weighted by Gasteiger charge is 2.17. The van der Waals surface area contributed by atoms with Crippen molar-refractivity contribution in [3.05, 3.63) is 54.1 Å². The molecule has 1 fully saturated rings. The molecule has 2 aromatic rings. The summed E-state index contributed by atoms with van der Waals surface area (Å²) in [5.74, 6) is 1.38. The molecule has 1 aliphatic rings. The van der Waals surface area contributed by atoms with Crippen LogP contribution in [0.4, 0.5) is 5.69 Å². The third-order valence-electron chi connectivity index (χ3n) is 4.62. The predicted octanol–water partition coefficient (Wildman–Crippen LogP) is 4.44. The number of amides is 2. The molecule has 0 radical (unpaired) electrons. The van der Waals surface area contributed by atoms with Crippen molar-refractivity contribution in [2.75, 3.05) is 30.8 Å². The van der Waals surface area contributed by atoms with Crippen molar-refractivity contribution < 1.29 is 14.3 Å². The number of piperidine rings is 1. The first-order valence-corrected chi connectivity index (χ1v) is 10.7. The molecule has 0 unspecified atom stereocenters. The second-order valence-corrected chi connectivity index (χ2v) is 7.94. The highest BCUT2D eigenvalue weighted by molar-refractivity contribution is 7.99. The van der Waals surface area contributed by atoms with E-state index in [-0.39, 0.29) is 18.4 Å². The molecular formula is C22H26N2O3S. The first kappa shape index (κ1) is 20.3. The number of thioether (sulfide) groups is 1. The Morgan fingerprint density at radius 1 is 1.04 bits per heavy atom. The van der Waals surface area contributed by atoms with Crippen LogP contribution < -0.4 is 10.1 Å². The summed E-state index contributed by atoms with van der Waals surface area (Å²) < 4.78 is 5.60. The van der Waals surface area contributed by atoms with E-state index in [4.69, 9.17) is 4.74 Å². The summed E-state index contributed by atoms with van der Waals surface area (Å²) in [5.41, 5.74) is 1.36. The van der Waals surface area contributed by atoms with E-state index in [1.807, 2.05) is 29.2 Å². The normalized spacial score (nSPS) is 13.8. The number of ether oxygens (including phenoxy) is 1. The van der Waals surface area contributed by atoms with E-state index in [0.29, 0.717) is 11.3 Å². The summed E-state index contributed by atoms with van der Waals surface area (Å²) >= 11 is 1.69. The number of anilines is 1. The zero-order valence-electron chi connectivity index (χ0n) is 16.1. The van der Waals surface area contributed by atoms with Crippen LogP contribution in [-0.2, 0) is 4.79 Å². The molecule has 3 rings (SSSR count). The molecule has 1 N–H and O–H groups in total. The predicted molar refractivity (Wildman–Crippen MR) is 113 cm³/mol. The van der Waals surface area contributed by atoms with Gasteiger partial charge in [-0.2, -0.15) is 0 Å². The molecule has 148 valence electrons. The van der Waals surface area contributed by atoms with Gasteiger partial charge in [0.25, 0.3) is 11.8 Å². The van der Waals surface area contributed by atoms with Gasteiger partial charge in [-0.1, -0.05) is 19.1 Å². The molecule has 0 atom stereocenters. The van der Waals surface area contributed by atoms with E-state index in [9.17, 15) is 9.59 Å². The quantitative estimate of drug-likeness (QED) is 0.701. The van der Waals surface area contributed by atoms with Gasteiger partial charge in [0, 0.05) is 23.5 Å². The van der Waals surface area contributed by atoms with Crippen molar-refractivity contribution >= 4 is 29.3 Å². The third kappa shape index (κ3) is 5.52. The highest BCUT2D eigenvalue weighted by atomic mass is 32.2. The first-order chi connectivity index (χ1) is 13.7. The fourth-order valence-electron chi connectivity index (χ4n) is 3.13. The lowest BCUT2D eigenvalue weighted by atomic mass is 10.1. The van der Waals surface area contributed by atoms with Crippen LogP contribution in [0.25, 0.3) is 0 Å². The minimum atomic E-state index is -0.167. The number of rotatable bonds is 7. The maximum absolute atomic E-state index is 12.5. The summed E-state index contributed by atoms with van der Waals surface area (Å²) in [7, 11) is 0. The molecule has 2 aromatic carbocycles. The van der Waals surface area contributed by atoms with E-state index in [1.165, 1.54) is 6.42 Å². The van der Waals surface area contributed by atoms with Gasteiger partial charge in [0.05, 0.1) is 5.69 Å². The number of carbonyl (C=O) groups is 2. The average Bonchev–Trinajstić information content (AvgIpc) is 2.74. The monoisotopic (exact) mass is 398 g/mol. The van der Waals surface area contributed by atoms with Crippen LogP contribution in [0.3, 0.4) is 0 Å². The van der Waals surface area contributed by atoms with Crippen LogP contribution in [0.15, 0.2) is 53.4 Å². The van der Waals surface area contributed by atoms with Crippen LogP contribution in [0.5, 0.6) is 5.75 Å². The lowest BCUT2D eigenvalue weighted by Crippen LogP contribution is -2.38. The van der Waals surface area contributed by atoms with E-state index in [2.05, 4.69) is 12.2 Å². The second kappa shape index (κ2) is 10.2. The molecule has 2 amide bonds. The molecule has 0 spiro atoms. The van der Waals surface area contributed by atoms with Gasteiger partial charge >= 0.3 is 0 Å². The maximum atomic E-state index is 12.5. The average molecular weight is 399 g/mol. The molecular weight excluding hydrogens is 372 g/mol.